The molecule has 18 heavy (non-hydrogen) atoms. The first-order chi connectivity index (χ1) is 8.63. The first-order valence-corrected chi connectivity index (χ1v) is 5.59. The average molecular weight is 253 g/mol. The molecule has 0 saturated carbocycles. The standard InChI is InChI=1S/C12H15NO5/c1-3-17-11(15)9-6-5-8(7-14)10(13-9)12(16)18-4-2/h5-6,14H,3-4,7H2,1-2H3. The Balaban J connectivity index is 3.09. The Morgan fingerprint density at radius 3 is 2.33 bits per heavy atom. The molecule has 0 spiro atoms. The van der Waals surface area contributed by atoms with E-state index in [9.17, 15) is 9.59 Å². The number of aromatic nitrogens is 1. The normalized spacial score (nSPS) is 9.94. The number of hydrogen-bond donors (Lipinski definition) is 1. The Labute approximate surface area is 105 Å². The Morgan fingerprint density at radius 1 is 1.17 bits per heavy atom. The molecule has 0 aliphatic rings. The second-order valence-corrected chi connectivity index (χ2v) is 3.30. The van der Waals surface area contributed by atoms with Crippen molar-refractivity contribution in [2.75, 3.05) is 13.2 Å². The minimum absolute atomic E-state index is 0.0112. The molecule has 6 heteroatoms. The fourth-order valence-corrected chi connectivity index (χ4v) is 1.31. The number of hydrogen-bond acceptors (Lipinski definition) is 6. The van der Waals surface area contributed by atoms with E-state index in [1.165, 1.54) is 12.1 Å². The third-order valence-corrected chi connectivity index (χ3v) is 2.10. The minimum atomic E-state index is -0.673. The summed E-state index contributed by atoms with van der Waals surface area (Å²) in [4.78, 5) is 27.0. The average Bonchev–Trinajstić information content (AvgIpc) is 2.38. The lowest BCUT2D eigenvalue weighted by atomic mass is 10.2. The van der Waals surface area contributed by atoms with Gasteiger partial charge in [-0.25, -0.2) is 14.6 Å². The summed E-state index contributed by atoms with van der Waals surface area (Å²) >= 11 is 0. The van der Waals surface area contributed by atoms with Crippen LogP contribution in [0, 0.1) is 0 Å². The molecular formula is C12H15NO5. The number of esters is 2. The maximum Gasteiger partial charge on any atom is 0.357 e. The van der Waals surface area contributed by atoms with E-state index in [0.717, 1.165) is 0 Å². The topological polar surface area (TPSA) is 85.7 Å². The van der Waals surface area contributed by atoms with E-state index in [2.05, 4.69) is 4.98 Å². The summed E-state index contributed by atoms with van der Waals surface area (Å²) in [5.74, 6) is -1.29. The van der Waals surface area contributed by atoms with Crippen molar-refractivity contribution in [3.05, 3.63) is 29.1 Å². The van der Waals surface area contributed by atoms with Crippen molar-refractivity contribution in [1.82, 2.24) is 4.98 Å². The van der Waals surface area contributed by atoms with Crippen molar-refractivity contribution in [1.29, 1.82) is 0 Å². The molecular weight excluding hydrogens is 238 g/mol. The highest BCUT2D eigenvalue weighted by Gasteiger charge is 2.18. The van der Waals surface area contributed by atoms with E-state index in [0.29, 0.717) is 5.56 Å². The molecule has 0 bridgehead atoms. The van der Waals surface area contributed by atoms with Crippen molar-refractivity contribution in [2.45, 2.75) is 20.5 Å². The molecule has 6 nitrogen and oxygen atoms in total. The van der Waals surface area contributed by atoms with Crippen LogP contribution >= 0.6 is 0 Å². The lowest BCUT2D eigenvalue weighted by molar-refractivity contribution is 0.0508. The Hall–Kier alpha value is -1.95. The zero-order chi connectivity index (χ0) is 13.5. The summed E-state index contributed by atoms with van der Waals surface area (Å²) in [6.07, 6.45) is 0. The largest absolute Gasteiger partial charge is 0.461 e. The van der Waals surface area contributed by atoms with E-state index in [4.69, 9.17) is 14.6 Å². The van der Waals surface area contributed by atoms with Crippen molar-refractivity contribution in [3.63, 3.8) is 0 Å². The van der Waals surface area contributed by atoms with Crippen molar-refractivity contribution in [2.24, 2.45) is 0 Å². The van der Waals surface area contributed by atoms with Crippen LogP contribution in [0.2, 0.25) is 0 Å². The van der Waals surface area contributed by atoms with Crippen molar-refractivity contribution in [3.8, 4) is 0 Å². The van der Waals surface area contributed by atoms with Gasteiger partial charge in [-0.2, -0.15) is 0 Å². The van der Waals surface area contributed by atoms with Crippen LogP contribution in [-0.2, 0) is 16.1 Å². The van der Waals surface area contributed by atoms with Gasteiger partial charge in [0.15, 0.2) is 5.69 Å². The first-order valence-electron chi connectivity index (χ1n) is 5.59. The molecule has 0 saturated heterocycles. The molecule has 1 heterocycles. The first kappa shape index (κ1) is 14.1. The van der Waals surface area contributed by atoms with Crippen LogP contribution in [0.25, 0.3) is 0 Å². The molecule has 0 amide bonds. The van der Waals surface area contributed by atoms with Crippen molar-refractivity contribution >= 4 is 11.9 Å². The summed E-state index contributed by atoms with van der Waals surface area (Å²) < 4.78 is 9.58. The summed E-state index contributed by atoms with van der Waals surface area (Å²) in [6.45, 7) is 3.38. The number of pyridine rings is 1. The van der Waals surface area contributed by atoms with Gasteiger partial charge in [0.25, 0.3) is 0 Å². The van der Waals surface area contributed by atoms with Gasteiger partial charge in [0.1, 0.15) is 5.69 Å². The quantitative estimate of drug-likeness (QED) is 0.785. The smallest absolute Gasteiger partial charge is 0.357 e. The third kappa shape index (κ3) is 3.27. The van der Waals surface area contributed by atoms with E-state index in [1.807, 2.05) is 0 Å². The monoisotopic (exact) mass is 253 g/mol. The van der Waals surface area contributed by atoms with Gasteiger partial charge in [0.05, 0.1) is 19.8 Å². The molecule has 1 N–H and O–H groups in total. The molecule has 0 aliphatic carbocycles. The van der Waals surface area contributed by atoms with E-state index < -0.39 is 11.9 Å². The Bertz CT molecular complexity index is 444. The molecule has 1 aromatic heterocycles. The molecule has 0 aliphatic heterocycles. The summed E-state index contributed by atoms with van der Waals surface area (Å²) in [5.41, 5.74) is 0.253. The lowest BCUT2D eigenvalue weighted by Gasteiger charge is -2.08. The Morgan fingerprint density at radius 2 is 1.78 bits per heavy atom. The zero-order valence-electron chi connectivity index (χ0n) is 10.3. The number of carbonyl (C=O) groups excluding carboxylic acids is 2. The summed E-state index contributed by atoms with van der Waals surface area (Å²) in [6, 6.07) is 2.85. The van der Waals surface area contributed by atoms with Gasteiger partial charge in [0.2, 0.25) is 0 Å². The lowest BCUT2D eigenvalue weighted by Crippen LogP contribution is -2.15. The highest BCUT2D eigenvalue weighted by molar-refractivity contribution is 5.92. The van der Waals surface area contributed by atoms with Crippen LogP contribution in [0.1, 0.15) is 40.4 Å². The van der Waals surface area contributed by atoms with Gasteiger partial charge >= 0.3 is 11.9 Å². The SMILES string of the molecule is CCOC(=O)c1ccc(CO)c(C(=O)OCC)n1. The van der Waals surface area contributed by atoms with Crippen LogP contribution in [-0.4, -0.2) is 35.2 Å². The fraction of sp³-hybridized carbons (Fsp3) is 0.417. The molecule has 0 aromatic carbocycles. The van der Waals surface area contributed by atoms with Crippen LogP contribution < -0.4 is 0 Å². The summed E-state index contributed by atoms with van der Waals surface area (Å²) in [7, 11) is 0. The van der Waals surface area contributed by atoms with E-state index >= 15 is 0 Å². The number of nitrogens with zero attached hydrogens (tertiary/aromatic N) is 1. The third-order valence-electron chi connectivity index (χ3n) is 2.10. The Kier molecular flexibility index (Phi) is 5.26. The van der Waals surface area contributed by atoms with E-state index in [1.54, 1.807) is 13.8 Å². The van der Waals surface area contributed by atoms with E-state index in [-0.39, 0.29) is 31.2 Å². The maximum atomic E-state index is 11.6. The predicted octanol–water partition coefficient (Wildman–Crippen LogP) is 0.927. The maximum absolute atomic E-state index is 11.6. The van der Waals surface area contributed by atoms with Gasteiger partial charge in [-0.15, -0.1) is 0 Å². The molecule has 1 aromatic rings. The minimum Gasteiger partial charge on any atom is -0.461 e. The van der Waals surface area contributed by atoms with Crippen LogP contribution in [0.15, 0.2) is 12.1 Å². The molecule has 0 unspecified atom stereocenters. The predicted molar refractivity (Wildman–Crippen MR) is 62.1 cm³/mol. The number of aliphatic hydroxyl groups excluding tert-OH is 1. The second-order valence-electron chi connectivity index (χ2n) is 3.30. The molecule has 0 fully saturated rings. The van der Waals surface area contributed by atoms with Crippen LogP contribution in [0.3, 0.4) is 0 Å². The van der Waals surface area contributed by atoms with Gasteiger partial charge < -0.3 is 14.6 Å². The second kappa shape index (κ2) is 6.70. The number of ether oxygens (including phenoxy) is 2. The van der Waals surface area contributed by atoms with Gasteiger partial charge in [-0.1, -0.05) is 6.07 Å². The number of carbonyl (C=O) groups is 2. The van der Waals surface area contributed by atoms with Crippen LogP contribution in [0.5, 0.6) is 0 Å². The van der Waals surface area contributed by atoms with Gasteiger partial charge in [-0.3, -0.25) is 0 Å². The van der Waals surface area contributed by atoms with Crippen LogP contribution in [0.4, 0.5) is 0 Å². The number of rotatable bonds is 5. The highest BCUT2D eigenvalue weighted by atomic mass is 16.5. The fourth-order valence-electron chi connectivity index (χ4n) is 1.31. The zero-order valence-corrected chi connectivity index (χ0v) is 10.3. The molecule has 1 rings (SSSR count). The number of aliphatic hydroxyl groups is 1. The van der Waals surface area contributed by atoms with Gasteiger partial charge in [0, 0.05) is 5.56 Å². The summed E-state index contributed by atoms with van der Waals surface area (Å²) in [5, 5.41) is 9.10. The molecule has 0 radical (unpaired) electrons. The highest BCUT2D eigenvalue weighted by Crippen LogP contribution is 2.10. The van der Waals surface area contributed by atoms with Crippen molar-refractivity contribution < 1.29 is 24.2 Å². The van der Waals surface area contributed by atoms with Gasteiger partial charge in [-0.05, 0) is 19.9 Å². The molecule has 98 valence electrons. The molecule has 0 atom stereocenters.